The average Bonchev–Trinajstić information content (AvgIpc) is 3.55. The second-order valence-electron chi connectivity index (χ2n) is 18.8. The lowest BCUT2D eigenvalue weighted by Crippen LogP contribution is -2.62. The highest BCUT2D eigenvalue weighted by atomic mass is 16.5. The van der Waals surface area contributed by atoms with E-state index in [0.29, 0.717) is 37.9 Å². The molecule has 62 heavy (non-hydrogen) atoms. The van der Waals surface area contributed by atoms with Gasteiger partial charge in [0.2, 0.25) is 11.8 Å². The number of hydrogen-bond donors (Lipinski definition) is 3. The number of amides is 3. The molecule has 0 aliphatic carbocycles. The number of benzene rings is 2. The number of aromatic hydroxyl groups is 1. The number of nitrogens with one attached hydrogen (secondary N) is 2. The van der Waals surface area contributed by atoms with Crippen molar-refractivity contribution < 1.29 is 29.0 Å². The first-order valence-corrected chi connectivity index (χ1v) is 22.5. The maximum absolute atomic E-state index is 14.7. The van der Waals surface area contributed by atoms with E-state index in [2.05, 4.69) is 77.2 Å². The summed E-state index contributed by atoms with van der Waals surface area (Å²) in [5.74, 6) is -1.83. The molecule has 0 radical (unpaired) electrons. The van der Waals surface area contributed by atoms with Crippen molar-refractivity contribution in [1.29, 1.82) is 0 Å². The molecule has 0 saturated carbocycles. The number of pyridine rings is 1. The Kier molecular flexibility index (Phi) is 13.4. The summed E-state index contributed by atoms with van der Waals surface area (Å²) in [6.45, 7) is 15.1. The third kappa shape index (κ3) is 9.39. The number of esters is 1. The molecule has 0 unspecified atom stereocenters. The Morgan fingerprint density at radius 3 is 2.55 bits per heavy atom. The number of nitrogens with zero attached hydrogens (tertiary/aromatic N) is 5. The number of aryl methyl sites for hydroxylation is 2. The van der Waals surface area contributed by atoms with Crippen molar-refractivity contribution in [3.63, 3.8) is 0 Å². The van der Waals surface area contributed by atoms with Gasteiger partial charge in [0.15, 0.2) is 0 Å². The summed E-state index contributed by atoms with van der Waals surface area (Å²) in [6, 6.07) is 11.0. The van der Waals surface area contributed by atoms with Crippen molar-refractivity contribution >= 4 is 34.6 Å². The fourth-order valence-electron chi connectivity index (χ4n) is 9.93. The molecule has 332 valence electrons. The largest absolute Gasteiger partial charge is 0.508 e. The molecule has 0 spiro atoms. The van der Waals surface area contributed by atoms with Crippen LogP contribution in [0.3, 0.4) is 0 Å². The SMILES string of the molecule is CCc1ccncc1-c1c2c3cc(ccc3n1CC)-c1cc(O)cc(c1)C[C@H](NC(=O)[C@H](C(C)C)N(C)C(=O)[C@@H]1CCCN(C)C1)C(=O)N1CCC[C@H](N1)C(=O)OCC(C)(C)C2. The van der Waals surface area contributed by atoms with Gasteiger partial charge in [0, 0.05) is 67.4 Å². The molecule has 4 aromatic rings. The second kappa shape index (κ2) is 18.6. The molecule has 6 bridgehead atoms. The fourth-order valence-corrected chi connectivity index (χ4v) is 9.93. The quantitative estimate of drug-likeness (QED) is 0.178. The molecule has 2 fully saturated rings. The van der Waals surface area contributed by atoms with Crippen LogP contribution in [0.15, 0.2) is 54.9 Å². The first-order valence-electron chi connectivity index (χ1n) is 22.5. The van der Waals surface area contributed by atoms with Gasteiger partial charge in [-0.05, 0) is 123 Å². The number of ether oxygens (including phenoxy) is 1. The molecule has 2 aromatic carbocycles. The minimum atomic E-state index is -1.09. The third-order valence-corrected chi connectivity index (χ3v) is 13.0. The summed E-state index contributed by atoms with van der Waals surface area (Å²) in [4.78, 5) is 65.1. The van der Waals surface area contributed by atoms with Crippen LogP contribution in [0, 0.1) is 17.3 Å². The fraction of sp³-hybridized carbons (Fsp3) is 0.531. The number of phenolic OH excluding ortho intramolecular Hbond substituents is 1. The molecule has 2 saturated heterocycles. The molecule has 5 heterocycles. The number of carbonyl (C=O) groups is 4. The van der Waals surface area contributed by atoms with Gasteiger partial charge in [0.25, 0.3) is 5.91 Å². The summed E-state index contributed by atoms with van der Waals surface area (Å²) in [7, 11) is 3.68. The van der Waals surface area contributed by atoms with Gasteiger partial charge in [0.05, 0.1) is 18.2 Å². The van der Waals surface area contributed by atoms with Crippen LogP contribution < -0.4 is 10.7 Å². The Balaban J connectivity index is 1.32. The molecule has 3 amide bonds. The van der Waals surface area contributed by atoms with Crippen LogP contribution in [-0.2, 0) is 49.7 Å². The number of piperidine rings is 1. The van der Waals surface area contributed by atoms with E-state index in [1.807, 2.05) is 39.4 Å². The number of carbonyl (C=O) groups excluding carboxylic acids is 4. The van der Waals surface area contributed by atoms with E-state index in [1.54, 1.807) is 24.1 Å². The number of phenols is 1. The van der Waals surface area contributed by atoms with E-state index in [1.165, 1.54) is 10.6 Å². The maximum Gasteiger partial charge on any atom is 0.324 e. The lowest BCUT2D eigenvalue weighted by molar-refractivity contribution is -0.155. The summed E-state index contributed by atoms with van der Waals surface area (Å²) < 4.78 is 8.44. The molecular weight excluding hydrogens is 783 g/mol. The van der Waals surface area contributed by atoms with E-state index in [-0.39, 0.29) is 36.5 Å². The van der Waals surface area contributed by atoms with Gasteiger partial charge in [-0.2, -0.15) is 0 Å². The zero-order valence-corrected chi connectivity index (χ0v) is 37.8. The number of cyclic esters (lactones) is 1. The van der Waals surface area contributed by atoms with Crippen LogP contribution in [0.1, 0.15) is 83.9 Å². The predicted octanol–water partition coefficient (Wildman–Crippen LogP) is 6.13. The first-order chi connectivity index (χ1) is 29.6. The van der Waals surface area contributed by atoms with Gasteiger partial charge in [0.1, 0.15) is 23.9 Å². The molecular formula is C49H65N7O6. The summed E-state index contributed by atoms with van der Waals surface area (Å²) in [5, 5.41) is 16.8. The summed E-state index contributed by atoms with van der Waals surface area (Å²) in [6.07, 6.45) is 7.96. The highest BCUT2D eigenvalue weighted by Crippen LogP contribution is 2.41. The number of likely N-dealkylation sites (tertiary alicyclic amines) is 1. The molecule has 4 atom stereocenters. The van der Waals surface area contributed by atoms with Crippen molar-refractivity contribution in [2.24, 2.45) is 17.3 Å². The van der Waals surface area contributed by atoms with E-state index >= 15 is 0 Å². The number of likely N-dealkylation sites (N-methyl/N-ethyl adjacent to an activating group) is 1. The molecule has 3 N–H and O–H groups in total. The predicted molar refractivity (Wildman–Crippen MR) is 241 cm³/mol. The highest BCUT2D eigenvalue weighted by molar-refractivity contribution is 5.96. The average molecular weight is 848 g/mol. The van der Waals surface area contributed by atoms with Crippen LogP contribution in [0.5, 0.6) is 5.75 Å². The Bertz CT molecular complexity index is 2320. The summed E-state index contributed by atoms with van der Waals surface area (Å²) >= 11 is 0. The van der Waals surface area contributed by atoms with E-state index in [9.17, 15) is 24.3 Å². The zero-order chi connectivity index (χ0) is 44.5. The van der Waals surface area contributed by atoms with Crippen LogP contribution >= 0.6 is 0 Å². The van der Waals surface area contributed by atoms with E-state index in [0.717, 1.165) is 71.2 Å². The molecule has 13 nitrogen and oxygen atoms in total. The Morgan fingerprint density at radius 2 is 1.82 bits per heavy atom. The van der Waals surface area contributed by atoms with Gasteiger partial charge < -0.3 is 29.5 Å². The number of hydrogen-bond acceptors (Lipinski definition) is 9. The maximum atomic E-state index is 14.7. The molecule has 3 aliphatic rings. The highest BCUT2D eigenvalue weighted by Gasteiger charge is 2.39. The molecule has 13 heteroatoms. The van der Waals surface area contributed by atoms with Crippen LogP contribution in [-0.4, -0.2) is 112 Å². The number of hydrazine groups is 1. The van der Waals surface area contributed by atoms with Gasteiger partial charge in [-0.3, -0.25) is 29.2 Å². The number of rotatable bonds is 8. The van der Waals surface area contributed by atoms with Crippen molar-refractivity contribution in [2.45, 2.75) is 111 Å². The van der Waals surface area contributed by atoms with Gasteiger partial charge in [-0.15, -0.1) is 0 Å². The number of aromatic nitrogens is 2. The van der Waals surface area contributed by atoms with E-state index < -0.39 is 41.3 Å². The minimum absolute atomic E-state index is 0.0300. The minimum Gasteiger partial charge on any atom is -0.508 e. The lowest BCUT2D eigenvalue weighted by atomic mass is 9.84. The lowest BCUT2D eigenvalue weighted by Gasteiger charge is -2.38. The van der Waals surface area contributed by atoms with Crippen LogP contribution in [0.2, 0.25) is 0 Å². The van der Waals surface area contributed by atoms with Gasteiger partial charge in [-0.25, -0.2) is 5.43 Å². The Morgan fingerprint density at radius 1 is 1.05 bits per heavy atom. The Hall–Kier alpha value is -5.27. The Labute approximate surface area is 366 Å². The molecule has 7 rings (SSSR count). The van der Waals surface area contributed by atoms with Crippen molar-refractivity contribution in [3.8, 4) is 28.1 Å². The van der Waals surface area contributed by atoms with E-state index in [4.69, 9.17) is 4.74 Å². The molecule has 2 aromatic heterocycles. The first kappa shape index (κ1) is 44.8. The van der Waals surface area contributed by atoms with Crippen LogP contribution in [0.4, 0.5) is 0 Å². The van der Waals surface area contributed by atoms with Gasteiger partial charge in [-0.1, -0.05) is 46.8 Å². The number of fused-ring (bicyclic) bond motifs is 6. The zero-order valence-electron chi connectivity index (χ0n) is 37.8. The van der Waals surface area contributed by atoms with Crippen molar-refractivity contribution in [3.05, 3.63) is 71.5 Å². The van der Waals surface area contributed by atoms with Crippen molar-refractivity contribution in [1.82, 2.24) is 35.1 Å². The third-order valence-electron chi connectivity index (χ3n) is 13.0. The monoisotopic (exact) mass is 847 g/mol. The summed E-state index contributed by atoms with van der Waals surface area (Å²) in [5.41, 5.74) is 10.5. The topological polar surface area (TPSA) is 149 Å². The molecule has 3 aliphatic heterocycles. The normalized spacial score (nSPS) is 21.6. The second-order valence-corrected chi connectivity index (χ2v) is 18.8. The smallest absolute Gasteiger partial charge is 0.324 e. The van der Waals surface area contributed by atoms with Crippen molar-refractivity contribution in [2.75, 3.05) is 40.3 Å². The van der Waals surface area contributed by atoms with Crippen LogP contribution in [0.25, 0.3) is 33.3 Å². The standard InChI is InChI=1S/C49H65N7O6/c1-9-32-17-18-50-27-39(32)44-38-26-49(5,6)29-62-48(61)40-14-12-20-56(52-40)47(60)41(51-45(58)43(30(3)4)54(8)46(59)34-13-11-19-53(7)28-34)23-31-21-35(24-36(57)22-31)33-15-16-42(37(38)25-33)55(44)10-2/h15-18,21-22,24-25,27,30,34,40-41,43,52,57H,9-14,19-20,23,26,28-29H2,1-8H3,(H,51,58)/t34-,40+,41+,43+/m1/s1. The van der Waals surface area contributed by atoms with Gasteiger partial charge >= 0.3 is 5.97 Å².